The predicted molar refractivity (Wildman–Crippen MR) is 75.5 cm³/mol. The van der Waals surface area contributed by atoms with E-state index in [-0.39, 0.29) is 0 Å². The zero-order valence-electron chi connectivity index (χ0n) is 12.0. The Labute approximate surface area is 108 Å². The van der Waals surface area contributed by atoms with Gasteiger partial charge in [0.1, 0.15) is 0 Å². The quantitative estimate of drug-likeness (QED) is 0.699. The number of piperidine rings is 1. The minimum absolute atomic E-state index is 0.784. The van der Waals surface area contributed by atoms with Gasteiger partial charge in [-0.1, -0.05) is 13.3 Å². The summed E-state index contributed by atoms with van der Waals surface area (Å²) in [6.07, 6.45) is 6.80. The van der Waals surface area contributed by atoms with Crippen LogP contribution in [0.2, 0.25) is 0 Å². The SMILES string of the molecule is CCN(CCCN(C)C)CCC1CCCCN1. The molecule has 1 atom stereocenters. The van der Waals surface area contributed by atoms with E-state index in [1.54, 1.807) is 0 Å². The minimum atomic E-state index is 0.784. The molecule has 0 aromatic rings. The van der Waals surface area contributed by atoms with Gasteiger partial charge in [-0.25, -0.2) is 0 Å². The first-order valence-electron chi connectivity index (χ1n) is 7.33. The summed E-state index contributed by atoms with van der Waals surface area (Å²) in [5, 5.41) is 3.64. The van der Waals surface area contributed by atoms with Gasteiger partial charge in [0.05, 0.1) is 0 Å². The van der Waals surface area contributed by atoms with Crippen LogP contribution < -0.4 is 5.32 Å². The maximum atomic E-state index is 3.64. The molecule has 0 aliphatic carbocycles. The van der Waals surface area contributed by atoms with Crippen LogP contribution in [0.4, 0.5) is 0 Å². The molecule has 0 aromatic heterocycles. The molecule has 1 aliphatic rings. The highest BCUT2D eigenvalue weighted by atomic mass is 15.1. The molecule has 0 saturated carbocycles. The van der Waals surface area contributed by atoms with Crippen molar-refractivity contribution in [3.63, 3.8) is 0 Å². The molecule has 102 valence electrons. The smallest absolute Gasteiger partial charge is 0.00792 e. The summed E-state index contributed by atoms with van der Waals surface area (Å²) in [4.78, 5) is 4.87. The van der Waals surface area contributed by atoms with E-state index in [0.29, 0.717) is 0 Å². The van der Waals surface area contributed by atoms with Gasteiger partial charge in [-0.2, -0.15) is 0 Å². The molecule has 1 N–H and O–H groups in total. The second-order valence-electron chi connectivity index (χ2n) is 5.53. The van der Waals surface area contributed by atoms with Crippen molar-refractivity contribution in [1.82, 2.24) is 15.1 Å². The molecule has 1 rings (SSSR count). The highest BCUT2D eigenvalue weighted by Crippen LogP contribution is 2.10. The lowest BCUT2D eigenvalue weighted by molar-refractivity contribution is 0.243. The van der Waals surface area contributed by atoms with Crippen molar-refractivity contribution in [2.75, 3.05) is 46.8 Å². The number of nitrogens with zero attached hydrogens (tertiary/aromatic N) is 2. The molecule has 0 bridgehead atoms. The van der Waals surface area contributed by atoms with Crippen molar-refractivity contribution < 1.29 is 0 Å². The Bertz CT molecular complexity index is 176. The Hall–Kier alpha value is -0.120. The lowest BCUT2D eigenvalue weighted by Gasteiger charge is -2.27. The van der Waals surface area contributed by atoms with Crippen LogP contribution in [0.15, 0.2) is 0 Å². The van der Waals surface area contributed by atoms with Crippen LogP contribution in [-0.2, 0) is 0 Å². The minimum Gasteiger partial charge on any atom is -0.314 e. The van der Waals surface area contributed by atoms with E-state index in [0.717, 1.165) is 6.04 Å². The molecule has 1 unspecified atom stereocenters. The number of hydrogen-bond acceptors (Lipinski definition) is 3. The van der Waals surface area contributed by atoms with Gasteiger partial charge in [0.25, 0.3) is 0 Å². The Morgan fingerprint density at radius 2 is 1.94 bits per heavy atom. The summed E-state index contributed by atoms with van der Waals surface area (Å²) in [6.45, 7) is 8.43. The maximum Gasteiger partial charge on any atom is 0.00792 e. The van der Waals surface area contributed by atoms with Gasteiger partial charge in [-0.05, 0) is 72.5 Å². The van der Waals surface area contributed by atoms with Crippen molar-refractivity contribution in [2.45, 2.75) is 45.1 Å². The largest absolute Gasteiger partial charge is 0.314 e. The summed E-state index contributed by atoms with van der Waals surface area (Å²) in [7, 11) is 4.31. The highest BCUT2D eigenvalue weighted by Gasteiger charge is 2.13. The van der Waals surface area contributed by atoms with Crippen molar-refractivity contribution in [1.29, 1.82) is 0 Å². The third-order valence-corrected chi connectivity index (χ3v) is 3.73. The summed E-state index contributed by atoms with van der Waals surface area (Å²) in [6, 6.07) is 0.784. The molecule has 17 heavy (non-hydrogen) atoms. The van der Waals surface area contributed by atoms with Gasteiger partial charge < -0.3 is 15.1 Å². The first-order valence-corrected chi connectivity index (χ1v) is 7.33. The zero-order chi connectivity index (χ0) is 12.5. The standard InChI is InChI=1S/C14H31N3/c1-4-17(12-7-11-16(2)3)13-9-14-8-5-6-10-15-14/h14-15H,4-13H2,1-3H3. The Kier molecular flexibility index (Phi) is 7.82. The van der Waals surface area contributed by atoms with Crippen LogP contribution in [0, 0.1) is 0 Å². The molecule has 1 fully saturated rings. The Morgan fingerprint density at radius 1 is 1.12 bits per heavy atom. The van der Waals surface area contributed by atoms with Crippen LogP contribution in [0.3, 0.4) is 0 Å². The van der Waals surface area contributed by atoms with Crippen molar-refractivity contribution in [3.05, 3.63) is 0 Å². The number of rotatable bonds is 8. The van der Waals surface area contributed by atoms with E-state index in [1.165, 1.54) is 64.8 Å². The fourth-order valence-electron chi connectivity index (χ4n) is 2.55. The van der Waals surface area contributed by atoms with Crippen LogP contribution in [0.5, 0.6) is 0 Å². The van der Waals surface area contributed by atoms with Gasteiger partial charge in [0.2, 0.25) is 0 Å². The molecule has 0 radical (unpaired) electrons. The first-order chi connectivity index (χ1) is 8.22. The van der Waals surface area contributed by atoms with Gasteiger partial charge in [0, 0.05) is 6.04 Å². The average Bonchev–Trinajstić information content (AvgIpc) is 2.34. The molecule has 1 saturated heterocycles. The van der Waals surface area contributed by atoms with E-state index in [4.69, 9.17) is 0 Å². The lowest BCUT2D eigenvalue weighted by atomic mass is 10.0. The summed E-state index contributed by atoms with van der Waals surface area (Å²) in [5.74, 6) is 0. The van der Waals surface area contributed by atoms with E-state index in [9.17, 15) is 0 Å². The second-order valence-corrected chi connectivity index (χ2v) is 5.53. The fourth-order valence-corrected chi connectivity index (χ4v) is 2.55. The molecule has 3 nitrogen and oxygen atoms in total. The highest BCUT2D eigenvalue weighted by molar-refractivity contribution is 4.73. The molecule has 0 aromatic carbocycles. The topological polar surface area (TPSA) is 18.5 Å². The van der Waals surface area contributed by atoms with E-state index < -0.39 is 0 Å². The summed E-state index contributed by atoms with van der Waals surface area (Å²) < 4.78 is 0. The van der Waals surface area contributed by atoms with Gasteiger partial charge in [-0.3, -0.25) is 0 Å². The monoisotopic (exact) mass is 241 g/mol. The van der Waals surface area contributed by atoms with Crippen molar-refractivity contribution in [2.24, 2.45) is 0 Å². The third kappa shape index (κ3) is 7.02. The second kappa shape index (κ2) is 8.90. The Morgan fingerprint density at radius 3 is 2.53 bits per heavy atom. The molecular weight excluding hydrogens is 210 g/mol. The van der Waals surface area contributed by atoms with Crippen molar-refractivity contribution in [3.8, 4) is 0 Å². The van der Waals surface area contributed by atoms with Crippen LogP contribution in [0.1, 0.15) is 39.0 Å². The maximum absolute atomic E-state index is 3.64. The Balaban J connectivity index is 2.08. The summed E-state index contributed by atoms with van der Waals surface area (Å²) in [5.41, 5.74) is 0. The number of nitrogens with one attached hydrogen (secondary N) is 1. The van der Waals surface area contributed by atoms with Crippen LogP contribution in [0.25, 0.3) is 0 Å². The van der Waals surface area contributed by atoms with Gasteiger partial charge in [-0.15, -0.1) is 0 Å². The van der Waals surface area contributed by atoms with Crippen LogP contribution in [-0.4, -0.2) is 62.7 Å². The van der Waals surface area contributed by atoms with E-state index in [2.05, 4.69) is 36.1 Å². The third-order valence-electron chi connectivity index (χ3n) is 3.73. The molecule has 0 amide bonds. The van der Waals surface area contributed by atoms with E-state index >= 15 is 0 Å². The first kappa shape index (κ1) is 14.9. The average molecular weight is 241 g/mol. The summed E-state index contributed by atoms with van der Waals surface area (Å²) >= 11 is 0. The molecule has 3 heteroatoms. The fraction of sp³-hybridized carbons (Fsp3) is 1.00. The van der Waals surface area contributed by atoms with E-state index in [1.807, 2.05) is 0 Å². The van der Waals surface area contributed by atoms with Gasteiger partial charge in [0.15, 0.2) is 0 Å². The van der Waals surface area contributed by atoms with Crippen LogP contribution >= 0.6 is 0 Å². The van der Waals surface area contributed by atoms with Gasteiger partial charge >= 0.3 is 0 Å². The normalized spacial score (nSPS) is 21.4. The number of hydrogen-bond donors (Lipinski definition) is 1. The molecule has 0 spiro atoms. The molecular formula is C14H31N3. The zero-order valence-corrected chi connectivity index (χ0v) is 12.0. The molecule has 1 aliphatic heterocycles. The van der Waals surface area contributed by atoms with Crippen molar-refractivity contribution >= 4 is 0 Å². The molecule has 1 heterocycles. The lowest BCUT2D eigenvalue weighted by Crippen LogP contribution is -2.38. The predicted octanol–water partition coefficient (Wildman–Crippen LogP) is 1.79.